The summed E-state index contributed by atoms with van der Waals surface area (Å²) in [6, 6.07) is 7.01. The summed E-state index contributed by atoms with van der Waals surface area (Å²) in [6.45, 7) is 3.64. The van der Waals surface area contributed by atoms with Gasteiger partial charge in [0.15, 0.2) is 12.0 Å². The van der Waals surface area contributed by atoms with E-state index in [0.717, 1.165) is 0 Å². The standard InChI is InChI=1S/C22H20Cl2FN3O4/c1-22(2)31-17-16(15-11-4-3-10(23)7-13(11)14(25)8-29-15)30-21(18(17)32-22)28-6-5-12-19(24)26-9-27-20(12)28/h3-7,9,14-18,21H,8H2,1-2H3/t14-,15+,16?,17+,18+,21+/m0/s1. The zero-order valence-corrected chi connectivity index (χ0v) is 18.8. The first kappa shape index (κ1) is 20.8. The third kappa shape index (κ3) is 3.16. The zero-order chi connectivity index (χ0) is 22.2. The molecule has 0 N–H and O–H groups in total. The maximum atomic E-state index is 14.6. The van der Waals surface area contributed by atoms with E-state index in [-0.39, 0.29) is 6.61 Å². The van der Waals surface area contributed by atoms with Crippen molar-refractivity contribution >= 4 is 34.2 Å². The highest BCUT2D eigenvalue weighted by Gasteiger charge is 2.59. The van der Waals surface area contributed by atoms with Crippen LogP contribution in [0.15, 0.2) is 36.8 Å². The van der Waals surface area contributed by atoms with Gasteiger partial charge >= 0.3 is 0 Å². The van der Waals surface area contributed by atoms with E-state index in [1.807, 2.05) is 30.7 Å². The third-order valence-electron chi connectivity index (χ3n) is 6.21. The molecule has 0 amide bonds. The minimum Gasteiger partial charge on any atom is -0.367 e. The number of halogens is 3. The molecule has 2 aromatic heterocycles. The number of fused-ring (bicyclic) bond motifs is 3. The van der Waals surface area contributed by atoms with Crippen LogP contribution in [0.4, 0.5) is 4.39 Å². The van der Waals surface area contributed by atoms with Crippen molar-refractivity contribution in [2.75, 3.05) is 6.61 Å². The van der Waals surface area contributed by atoms with Crippen molar-refractivity contribution in [3.05, 3.63) is 58.1 Å². The molecule has 5 heterocycles. The molecule has 0 saturated carbocycles. The Morgan fingerprint density at radius 1 is 1.06 bits per heavy atom. The van der Waals surface area contributed by atoms with E-state index in [9.17, 15) is 4.39 Å². The Morgan fingerprint density at radius 3 is 2.72 bits per heavy atom. The Balaban J connectivity index is 1.42. The van der Waals surface area contributed by atoms with E-state index in [4.69, 9.17) is 42.1 Å². The molecule has 2 saturated heterocycles. The first-order valence-electron chi connectivity index (χ1n) is 10.4. The lowest BCUT2D eigenvalue weighted by Gasteiger charge is -2.34. The lowest BCUT2D eigenvalue weighted by Crippen LogP contribution is -2.37. The Hall–Kier alpha value is -1.81. The molecule has 168 valence electrons. The van der Waals surface area contributed by atoms with Gasteiger partial charge in [0.1, 0.15) is 47.7 Å². The molecule has 0 radical (unpaired) electrons. The van der Waals surface area contributed by atoms with Gasteiger partial charge < -0.3 is 23.5 Å². The second-order valence-electron chi connectivity index (χ2n) is 8.68. The van der Waals surface area contributed by atoms with Crippen LogP contribution in [0.2, 0.25) is 10.2 Å². The van der Waals surface area contributed by atoms with E-state index in [1.165, 1.54) is 6.33 Å². The second-order valence-corrected chi connectivity index (χ2v) is 9.47. The second kappa shape index (κ2) is 7.35. The average Bonchev–Trinajstić information content (AvgIpc) is 3.40. The minimum atomic E-state index is -1.25. The maximum Gasteiger partial charge on any atom is 0.164 e. The first-order valence-corrected chi connectivity index (χ1v) is 11.1. The highest BCUT2D eigenvalue weighted by Crippen LogP contribution is 2.50. The Labute approximate surface area is 193 Å². The summed E-state index contributed by atoms with van der Waals surface area (Å²) in [5.74, 6) is -0.814. The summed E-state index contributed by atoms with van der Waals surface area (Å²) >= 11 is 12.4. The fourth-order valence-corrected chi connectivity index (χ4v) is 5.31. The lowest BCUT2D eigenvalue weighted by atomic mass is 9.91. The molecule has 2 fully saturated rings. The van der Waals surface area contributed by atoms with Crippen LogP contribution >= 0.6 is 23.2 Å². The van der Waals surface area contributed by atoms with Crippen LogP contribution in [-0.2, 0) is 18.9 Å². The van der Waals surface area contributed by atoms with E-state index in [0.29, 0.717) is 32.3 Å². The maximum absolute atomic E-state index is 14.6. The third-order valence-corrected chi connectivity index (χ3v) is 6.75. The molecular weight excluding hydrogens is 460 g/mol. The van der Waals surface area contributed by atoms with E-state index in [2.05, 4.69) is 9.97 Å². The van der Waals surface area contributed by atoms with Crippen LogP contribution in [0.3, 0.4) is 0 Å². The van der Waals surface area contributed by atoms with Crippen molar-refractivity contribution in [2.24, 2.45) is 0 Å². The van der Waals surface area contributed by atoms with Gasteiger partial charge in [-0.15, -0.1) is 0 Å². The van der Waals surface area contributed by atoms with Crippen molar-refractivity contribution < 1.29 is 23.3 Å². The SMILES string of the molecule is CC1(C)O[C@@H]2[C@H](O1)C([C@@H]1OC[C@H](F)c3cc(Cl)ccc31)O[C@H]2n1ccc2c(Cl)ncnc21. The molecule has 1 aromatic carbocycles. The van der Waals surface area contributed by atoms with E-state index < -0.39 is 42.6 Å². The van der Waals surface area contributed by atoms with Crippen LogP contribution in [0.25, 0.3) is 11.0 Å². The molecule has 0 spiro atoms. The van der Waals surface area contributed by atoms with Gasteiger partial charge in [0.2, 0.25) is 0 Å². The molecule has 7 nitrogen and oxygen atoms in total. The van der Waals surface area contributed by atoms with Crippen molar-refractivity contribution in [1.29, 1.82) is 0 Å². The lowest BCUT2D eigenvalue weighted by molar-refractivity contribution is -0.214. The molecule has 32 heavy (non-hydrogen) atoms. The molecule has 3 aliphatic rings. The number of rotatable bonds is 2. The van der Waals surface area contributed by atoms with Gasteiger partial charge in [0.25, 0.3) is 0 Å². The highest BCUT2D eigenvalue weighted by atomic mass is 35.5. The molecule has 1 unspecified atom stereocenters. The average molecular weight is 480 g/mol. The van der Waals surface area contributed by atoms with Crippen molar-refractivity contribution in [1.82, 2.24) is 14.5 Å². The largest absolute Gasteiger partial charge is 0.367 e. The summed E-state index contributed by atoms with van der Waals surface area (Å²) in [6.07, 6.45) is -0.478. The van der Waals surface area contributed by atoms with E-state index >= 15 is 0 Å². The first-order chi connectivity index (χ1) is 15.3. The normalized spacial score (nSPS) is 33.4. The molecule has 6 rings (SSSR count). The zero-order valence-electron chi connectivity index (χ0n) is 17.2. The summed E-state index contributed by atoms with van der Waals surface area (Å²) in [7, 11) is 0. The minimum absolute atomic E-state index is 0.0839. The quantitative estimate of drug-likeness (QED) is 0.485. The molecule has 3 aliphatic heterocycles. The number of alkyl halides is 1. The Kier molecular flexibility index (Phi) is 4.77. The molecule has 0 bridgehead atoms. The Morgan fingerprint density at radius 2 is 1.88 bits per heavy atom. The summed E-state index contributed by atoms with van der Waals surface area (Å²) < 4.78 is 41.4. The van der Waals surface area contributed by atoms with Gasteiger partial charge in [-0.1, -0.05) is 29.3 Å². The van der Waals surface area contributed by atoms with E-state index in [1.54, 1.807) is 18.2 Å². The van der Waals surface area contributed by atoms with Gasteiger partial charge in [-0.05, 0) is 43.2 Å². The number of hydrogen-bond donors (Lipinski definition) is 0. The molecule has 0 aliphatic carbocycles. The predicted octanol–water partition coefficient (Wildman–Crippen LogP) is 4.94. The predicted molar refractivity (Wildman–Crippen MR) is 114 cm³/mol. The van der Waals surface area contributed by atoms with Crippen molar-refractivity contribution in [3.8, 4) is 0 Å². The van der Waals surface area contributed by atoms with Gasteiger partial charge in [-0.3, -0.25) is 0 Å². The summed E-state index contributed by atoms with van der Waals surface area (Å²) in [5.41, 5.74) is 1.85. The smallest absolute Gasteiger partial charge is 0.164 e. The van der Waals surface area contributed by atoms with Gasteiger partial charge in [-0.2, -0.15) is 0 Å². The van der Waals surface area contributed by atoms with Crippen molar-refractivity contribution in [2.45, 2.75) is 56.5 Å². The number of ether oxygens (including phenoxy) is 4. The Bertz CT molecular complexity index is 1210. The molecule has 10 heteroatoms. The van der Waals surface area contributed by atoms with Gasteiger partial charge in [0.05, 0.1) is 12.0 Å². The van der Waals surface area contributed by atoms with Gasteiger partial charge in [-0.25, -0.2) is 14.4 Å². The van der Waals surface area contributed by atoms with Crippen LogP contribution in [0.1, 0.15) is 43.5 Å². The highest BCUT2D eigenvalue weighted by molar-refractivity contribution is 6.33. The molecular formula is C22H20Cl2FN3O4. The number of aromatic nitrogens is 3. The van der Waals surface area contributed by atoms with Gasteiger partial charge in [0, 0.05) is 11.2 Å². The molecule has 6 atom stereocenters. The number of nitrogens with zero attached hydrogens (tertiary/aromatic N) is 3. The monoisotopic (exact) mass is 479 g/mol. The van der Waals surface area contributed by atoms with Crippen LogP contribution in [-0.4, -0.2) is 45.2 Å². The fraction of sp³-hybridized carbons (Fsp3) is 0.455. The summed E-state index contributed by atoms with van der Waals surface area (Å²) in [5, 5.41) is 1.55. The van der Waals surface area contributed by atoms with Crippen LogP contribution < -0.4 is 0 Å². The number of hydrogen-bond acceptors (Lipinski definition) is 6. The molecule has 3 aromatic rings. The van der Waals surface area contributed by atoms with Crippen LogP contribution in [0, 0.1) is 0 Å². The van der Waals surface area contributed by atoms with Crippen molar-refractivity contribution in [3.63, 3.8) is 0 Å². The van der Waals surface area contributed by atoms with Crippen LogP contribution in [0.5, 0.6) is 0 Å². The number of benzene rings is 1. The topological polar surface area (TPSA) is 67.6 Å². The fourth-order valence-electron chi connectivity index (χ4n) is 4.94. The summed E-state index contributed by atoms with van der Waals surface area (Å²) in [4.78, 5) is 8.43.